The molecule has 0 bridgehead atoms. The van der Waals surface area contributed by atoms with Gasteiger partial charge in [-0.1, -0.05) is 20.8 Å². The molecule has 1 heterocycles. The van der Waals surface area contributed by atoms with Crippen molar-refractivity contribution in [2.75, 3.05) is 13.1 Å². The summed E-state index contributed by atoms with van der Waals surface area (Å²) in [5, 5.41) is 3.61. The van der Waals surface area contributed by atoms with E-state index < -0.39 is 0 Å². The lowest BCUT2D eigenvalue weighted by atomic mass is 9.73. The van der Waals surface area contributed by atoms with Gasteiger partial charge in [-0.2, -0.15) is 0 Å². The van der Waals surface area contributed by atoms with E-state index >= 15 is 0 Å². The van der Waals surface area contributed by atoms with Crippen LogP contribution in [-0.2, 0) is 4.74 Å². The second-order valence-corrected chi connectivity index (χ2v) is 6.77. The number of nitrogens with one attached hydrogen (secondary N) is 1. The molecule has 1 saturated heterocycles. The smallest absolute Gasteiger partial charge is 0.0814 e. The molecule has 0 aromatic heterocycles. The number of ether oxygens (including phenoxy) is 1. The fourth-order valence-corrected chi connectivity index (χ4v) is 3.46. The second-order valence-electron chi connectivity index (χ2n) is 6.77. The van der Waals surface area contributed by atoms with Crippen LogP contribution < -0.4 is 5.32 Å². The first-order valence-corrected chi connectivity index (χ1v) is 7.39. The molecule has 1 aliphatic carbocycles. The van der Waals surface area contributed by atoms with Crippen molar-refractivity contribution in [2.24, 2.45) is 11.8 Å². The molecule has 1 aliphatic heterocycles. The van der Waals surface area contributed by atoms with Crippen LogP contribution in [0.5, 0.6) is 0 Å². The van der Waals surface area contributed by atoms with E-state index in [1.54, 1.807) is 0 Å². The van der Waals surface area contributed by atoms with Crippen LogP contribution in [0.3, 0.4) is 0 Å². The molecule has 17 heavy (non-hydrogen) atoms. The molecule has 0 aromatic carbocycles. The maximum atomic E-state index is 6.52. The molecule has 100 valence electrons. The SMILES string of the molecule is CCC1(C)CNCC2(CCC(C(C)C)CC2)O1. The van der Waals surface area contributed by atoms with Crippen molar-refractivity contribution in [3.8, 4) is 0 Å². The highest BCUT2D eigenvalue weighted by atomic mass is 16.5. The van der Waals surface area contributed by atoms with E-state index in [9.17, 15) is 0 Å². The van der Waals surface area contributed by atoms with Crippen molar-refractivity contribution in [3.63, 3.8) is 0 Å². The Kier molecular flexibility index (Phi) is 3.84. The summed E-state index contributed by atoms with van der Waals surface area (Å²) in [5.41, 5.74) is 0.206. The summed E-state index contributed by atoms with van der Waals surface area (Å²) in [6, 6.07) is 0. The lowest BCUT2D eigenvalue weighted by molar-refractivity contribution is -0.189. The first-order chi connectivity index (χ1) is 7.99. The first-order valence-electron chi connectivity index (χ1n) is 7.39. The number of morpholine rings is 1. The van der Waals surface area contributed by atoms with Gasteiger partial charge in [0.05, 0.1) is 11.2 Å². The molecule has 2 aliphatic rings. The van der Waals surface area contributed by atoms with Gasteiger partial charge < -0.3 is 10.1 Å². The lowest BCUT2D eigenvalue weighted by Crippen LogP contribution is -2.60. The Labute approximate surface area is 107 Å². The average Bonchev–Trinajstić information content (AvgIpc) is 2.29. The molecule has 0 amide bonds. The molecule has 2 nitrogen and oxygen atoms in total. The third-order valence-corrected chi connectivity index (χ3v) is 5.04. The molecule has 0 radical (unpaired) electrons. The summed E-state index contributed by atoms with van der Waals surface area (Å²) in [4.78, 5) is 0. The highest BCUT2D eigenvalue weighted by Crippen LogP contribution is 2.41. The van der Waals surface area contributed by atoms with Gasteiger partial charge in [-0.15, -0.1) is 0 Å². The minimum absolute atomic E-state index is 0.0584. The van der Waals surface area contributed by atoms with Crippen LogP contribution >= 0.6 is 0 Å². The van der Waals surface area contributed by atoms with Crippen molar-refractivity contribution < 1.29 is 4.74 Å². The fourth-order valence-electron chi connectivity index (χ4n) is 3.46. The minimum Gasteiger partial charge on any atom is -0.366 e. The zero-order chi connectivity index (χ0) is 12.5. The largest absolute Gasteiger partial charge is 0.366 e. The van der Waals surface area contributed by atoms with Gasteiger partial charge >= 0.3 is 0 Å². The Morgan fingerprint density at radius 1 is 1.24 bits per heavy atom. The van der Waals surface area contributed by atoms with E-state index in [2.05, 4.69) is 33.0 Å². The van der Waals surface area contributed by atoms with Gasteiger partial charge in [-0.3, -0.25) is 0 Å². The minimum atomic E-state index is 0.0584. The molecule has 1 spiro atoms. The van der Waals surface area contributed by atoms with Crippen molar-refractivity contribution in [3.05, 3.63) is 0 Å². The predicted octanol–water partition coefficient (Wildman–Crippen LogP) is 3.36. The Morgan fingerprint density at radius 3 is 2.41 bits per heavy atom. The van der Waals surface area contributed by atoms with Crippen LogP contribution in [0.1, 0.15) is 59.8 Å². The summed E-state index contributed by atoms with van der Waals surface area (Å²) < 4.78 is 6.52. The normalized spacial score (nSPS) is 43.2. The molecule has 1 unspecified atom stereocenters. The van der Waals surface area contributed by atoms with E-state index in [0.717, 1.165) is 31.3 Å². The van der Waals surface area contributed by atoms with Crippen molar-refractivity contribution in [1.82, 2.24) is 5.32 Å². The van der Waals surface area contributed by atoms with Crippen LogP contribution in [0.4, 0.5) is 0 Å². The highest BCUT2D eigenvalue weighted by Gasteiger charge is 2.44. The number of hydrogen-bond acceptors (Lipinski definition) is 2. The maximum absolute atomic E-state index is 6.52. The van der Waals surface area contributed by atoms with Gasteiger partial charge in [-0.25, -0.2) is 0 Å². The molecule has 0 aromatic rings. The van der Waals surface area contributed by atoms with Crippen molar-refractivity contribution in [2.45, 2.75) is 71.0 Å². The van der Waals surface area contributed by atoms with E-state index in [0.29, 0.717) is 0 Å². The maximum Gasteiger partial charge on any atom is 0.0814 e. The summed E-state index contributed by atoms with van der Waals surface area (Å²) in [5.74, 6) is 1.75. The summed E-state index contributed by atoms with van der Waals surface area (Å²) in [6.07, 6.45) is 6.30. The van der Waals surface area contributed by atoms with Crippen LogP contribution in [-0.4, -0.2) is 24.3 Å². The second kappa shape index (κ2) is 4.89. The summed E-state index contributed by atoms with van der Waals surface area (Å²) in [6.45, 7) is 11.3. The van der Waals surface area contributed by atoms with E-state index in [1.807, 2.05) is 0 Å². The van der Waals surface area contributed by atoms with Crippen LogP contribution in [0.25, 0.3) is 0 Å². The van der Waals surface area contributed by atoms with Crippen molar-refractivity contribution >= 4 is 0 Å². The third-order valence-electron chi connectivity index (χ3n) is 5.04. The quantitative estimate of drug-likeness (QED) is 0.798. The Morgan fingerprint density at radius 2 is 1.88 bits per heavy atom. The van der Waals surface area contributed by atoms with Crippen LogP contribution in [0.2, 0.25) is 0 Å². The van der Waals surface area contributed by atoms with Gasteiger partial charge in [0.15, 0.2) is 0 Å². The Hall–Kier alpha value is -0.0800. The molecule has 1 N–H and O–H groups in total. The zero-order valence-electron chi connectivity index (χ0n) is 12.0. The van der Waals surface area contributed by atoms with Crippen molar-refractivity contribution in [1.29, 1.82) is 0 Å². The Bertz CT molecular complexity index is 256. The number of rotatable bonds is 2. The standard InChI is InChI=1S/C15H29NO/c1-5-14(4)10-16-11-15(17-14)8-6-13(7-9-15)12(2)3/h12-13,16H,5-11H2,1-4H3. The zero-order valence-corrected chi connectivity index (χ0v) is 12.0. The average molecular weight is 239 g/mol. The van der Waals surface area contributed by atoms with E-state index in [4.69, 9.17) is 4.74 Å². The number of hydrogen-bond donors (Lipinski definition) is 1. The van der Waals surface area contributed by atoms with E-state index in [-0.39, 0.29) is 11.2 Å². The van der Waals surface area contributed by atoms with Gasteiger partial charge in [0.25, 0.3) is 0 Å². The monoisotopic (exact) mass is 239 g/mol. The van der Waals surface area contributed by atoms with Crippen LogP contribution in [0.15, 0.2) is 0 Å². The highest BCUT2D eigenvalue weighted by molar-refractivity contribution is 4.97. The van der Waals surface area contributed by atoms with E-state index in [1.165, 1.54) is 25.7 Å². The Balaban J connectivity index is 1.97. The molecule has 1 atom stereocenters. The molecule has 1 saturated carbocycles. The topological polar surface area (TPSA) is 21.3 Å². The molecular formula is C15H29NO. The van der Waals surface area contributed by atoms with Gasteiger partial charge in [-0.05, 0) is 50.9 Å². The third kappa shape index (κ3) is 2.85. The molecule has 2 rings (SSSR count). The van der Waals surface area contributed by atoms with Gasteiger partial charge in [0.1, 0.15) is 0 Å². The molecule has 2 heteroatoms. The first kappa shape index (κ1) is 13.4. The predicted molar refractivity (Wildman–Crippen MR) is 72.2 cm³/mol. The summed E-state index contributed by atoms with van der Waals surface area (Å²) >= 11 is 0. The fraction of sp³-hybridized carbons (Fsp3) is 1.00. The lowest BCUT2D eigenvalue weighted by Gasteiger charge is -2.50. The summed E-state index contributed by atoms with van der Waals surface area (Å²) in [7, 11) is 0. The van der Waals surface area contributed by atoms with Gasteiger partial charge in [0.2, 0.25) is 0 Å². The molecular weight excluding hydrogens is 210 g/mol. The molecule has 2 fully saturated rings. The van der Waals surface area contributed by atoms with Gasteiger partial charge in [0, 0.05) is 13.1 Å². The van der Waals surface area contributed by atoms with Crippen LogP contribution in [0, 0.1) is 11.8 Å².